The monoisotopic (exact) mass is 426 g/mol. The number of nitrogens with zero attached hydrogens (tertiary/aromatic N) is 2. The number of amides is 1. The van der Waals surface area contributed by atoms with Crippen molar-refractivity contribution in [2.45, 2.75) is 17.7 Å². The molecule has 1 atom stereocenters. The highest BCUT2D eigenvalue weighted by molar-refractivity contribution is 7.89. The number of carbonyl (C=O) groups excluding carboxylic acids is 1. The Kier molecular flexibility index (Phi) is 6.11. The molecule has 0 N–H and O–H groups in total. The molecule has 0 spiro atoms. The summed E-state index contributed by atoms with van der Waals surface area (Å²) in [4.78, 5) is 14.4. The fourth-order valence-corrected chi connectivity index (χ4v) is 5.49. The Hall–Kier alpha value is -1.60. The molecule has 1 aliphatic rings. The molecule has 3 rings (SSSR count). The van der Waals surface area contributed by atoms with E-state index in [1.165, 1.54) is 16.4 Å². The van der Waals surface area contributed by atoms with Crippen LogP contribution in [0.1, 0.15) is 12.8 Å². The predicted octanol–water partition coefficient (Wildman–Crippen LogP) is 4.06. The van der Waals surface area contributed by atoms with Gasteiger partial charge in [-0.1, -0.05) is 41.4 Å². The Balaban J connectivity index is 1.81. The number of halogens is 2. The molecule has 27 heavy (non-hydrogen) atoms. The van der Waals surface area contributed by atoms with E-state index in [4.69, 9.17) is 23.2 Å². The lowest BCUT2D eigenvalue weighted by molar-refractivity contribution is -0.123. The Morgan fingerprint density at radius 1 is 1.15 bits per heavy atom. The molecule has 0 aliphatic carbocycles. The van der Waals surface area contributed by atoms with Crippen LogP contribution in [-0.4, -0.2) is 38.8 Å². The molecule has 0 bridgehead atoms. The summed E-state index contributed by atoms with van der Waals surface area (Å²) in [5.41, 5.74) is 0.778. The summed E-state index contributed by atoms with van der Waals surface area (Å²) in [6.07, 6.45) is 1.25. The van der Waals surface area contributed by atoms with Gasteiger partial charge in [0.2, 0.25) is 15.9 Å². The van der Waals surface area contributed by atoms with Crippen LogP contribution in [-0.2, 0) is 14.8 Å². The first-order valence-corrected chi connectivity index (χ1v) is 10.8. The molecule has 144 valence electrons. The third kappa shape index (κ3) is 4.29. The van der Waals surface area contributed by atoms with E-state index in [1.54, 1.807) is 18.0 Å². The zero-order chi connectivity index (χ0) is 19.6. The zero-order valence-electron chi connectivity index (χ0n) is 14.8. The van der Waals surface area contributed by atoms with Crippen molar-refractivity contribution in [1.29, 1.82) is 0 Å². The molecule has 2 aromatic carbocycles. The van der Waals surface area contributed by atoms with Gasteiger partial charge >= 0.3 is 0 Å². The Morgan fingerprint density at radius 3 is 2.56 bits per heavy atom. The molecule has 5 nitrogen and oxygen atoms in total. The van der Waals surface area contributed by atoms with Gasteiger partial charge in [-0.3, -0.25) is 4.79 Å². The van der Waals surface area contributed by atoms with Crippen molar-refractivity contribution in [2.24, 2.45) is 5.92 Å². The minimum absolute atomic E-state index is 0.0267. The van der Waals surface area contributed by atoms with Gasteiger partial charge in [-0.15, -0.1) is 0 Å². The number of hydrogen-bond donors (Lipinski definition) is 0. The van der Waals surface area contributed by atoms with Crippen molar-refractivity contribution in [1.82, 2.24) is 4.31 Å². The third-order valence-corrected chi connectivity index (χ3v) is 7.30. The molecule has 1 heterocycles. The smallest absolute Gasteiger partial charge is 0.244 e. The lowest BCUT2D eigenvalue weighted by Gasteiger charge is -2.33. The van der Waals surface area contributed by atoms with Crippen molar-refractivity contribution >= 4 is 44.8 Å². The molecular formula is C19H20Cl2N2O3S. The summed E-state index contributed by atoms with van der Waals surface area (Å²) in [6, 6.07) is 13.6. The van der Waals surface area contributed by atoms with Crippen molar-refractivity contribution in [3.63, 3.8) is 0 Å². The van der Waals surface area contributed by atoms with E-state index in [2.05, 4.69) is 0 Å². The maximum atomic E-state index is 13.0. The fraction of sp³-hybridized carbons (Fsp3) is 0.316. The predicted molar refractivity (Wildman–Crippen MR) is 108 cm³/mol. The van der Waals surface area contributed by atoms with Crippen LogP contribution in [0.15, 0.2) is 53.4 Å². The fourth-order valence-electron chi connectivity index (χ4n) is 3.23. The molecular weight excluding hydrogens is 407 g/mol. The Morgan fingerprint density at radius 2 is 1.85 bits per heavy atom. The normalized spacial score (nSPS) is 18.3. The van der Waals surface area contributed by atoms with Gasteiger partial charge in [-0.25, -0.2) is 8.42 Å². The highest BCUT2D eigenvalue weighted by atomic mass is 35.5. The number of rotatable bonds is 4. The molecule has 0 unspecified atom stereocenters. The molecule has 0 aromatic heterocycles. The Bertz CT molecular complexity index is 935. The summed E-state index contributed by atoms with van der Waals surface area (Å²) < 4.78 is 27.4. The first-order valence-electron chi connectivity index (χ1n) is 8.58. The average Bonchev–Trinajstić information content (AvgIpc) is 2.69. The van der Waals surface area contributed by atoms with Crippen molar-refractivity contribution in [3.8, 4) is 0 Å². The number of benzene rings is 2. The van der Waals surface area contributed by atoms with Gasteiger partial charge in [-0.05, 0) is 43.2 Å². The van der Waals surface area contributed by atoms with Gasteiger partial charge in [0.1, 0.15) is 4.90 Å². The van der Waals surface area contributed by atoms with E-state index in [-0.39, 0.29) is 22.4 Å². The van der Waals surface area contributed by atoms with Crippen molar-refractivity contribution < 1.29 is 13.2 Å². The van der Waals surface area contributed by atoms with E-state index in [9.17, 15) is 13.2 Å². The number of para-hydroxylation sites is 1. The summed E-state index contributed by atoms with van der Waals surface area (Å²) in [6.45, 7) is 0.477. The highest BCUT2D eigenvalue weighted by Gasteiger charge is 2.35. The summed E-state index contributed by atoms with van der Waals surface area (Å²) in [5.74, 6) is -0.505. The van der Waals surface area contributed by atoms with E-state index in [0.717, 1.165) is 5.69 Å². The highest BCUT2D eigenvalue weighted by Crippen LogP contribution is 2.31. The maximum Gasteiger partial charge on any atom is 0.244 e. The van der Waals surface area contributed by atoms with Gasteiger partial charge in [0.15, 0.2) is 0 Å². The summed E-state index contributed by atoms with van der Waals surface area (Å²) in [7, 11) is -2.12. The van der Waals surface area contributed by atoms with E-state index < -0.39 is 15.9 Å². The van der Waals surface area contributed by atoms with Crippen LogP contribution in [0.4, 0.5) is 5.69 Å². The van der Waals surface area contributed by atoms with Crippen molar-refractivity contribution in [2.75, 3.05) is 25.0 Å². The number of anilines is 1. The first kappa shape index (κ1) is 20.1. The van der Waals surface area contributed by atoms with Gasteiger partial charge in [0, 0.05) is 30.8 Å². The maximum absolute atomic E-state index is 13.0. The molecule has 1 aliphatic heterocycles. The zero-order valence-corrected chi connectivity index (χ0v) is 17.1. The van der Waals surface area contributed by atoms with Crippen molar-refractivity contribution in [3.05, 3.63) is 58.6 Å². The minimum Gasteiger partial charge on any atom is -0.315 e. The van der Waals surface area contributed by atoms with Gasteiger partial charge in [0.25, 0.3) is 0 Å². The van der Waals surface area contributed by atoms with Crippen LogP contribution < -0.4 is 4.90 Å². The van der Waals surface area contributed by atoms with Crippen LogP contribution >= 0.6 is 23.2 Å². The molecule has 0 radical (unpaired) electrons. The number of carbonyl (C=O) groups is 1. The van der Waals surface area contributed by atoms with E-state index >= 15 is 0 Å². The summed E-state index contributed by atoms with van der Waals surface area (Å²) in [5, 5.41) is 0.417. The topological polar surface area (TPSA) is 57.7 Å². The molecule has 0 saturated carbocycles. The van der Waals surface area contributed by atoms with Gasteiger partial charge in [0.05, 0.1) is 10.9 Å². The minimum atomic E-state index is -3.83. The van der Waals surface area contributed by atoms with Crippen LogP contribution in [0.3, 0.4) is 0 Å². The van der Waals surface area contributed by atoms with Crippen LogP contribution in [0.2, 0.25) is 10.0 Å². The number of piperidine rings is 1. The molecule has 8 heteroatoms. The van der Waals surface area contributed by atoms with E-state index in [0.29, 0.717) is 24.4 Å². The SMILES string of the molecule is CN(C(=O)[C@@H]1CCCN(S(=O)(=O)c2cc(Cl)ccc2Cl)C1)c1ccccc1. The number of sulfonamides is 1. The molecule has 1 saturated heterocycles. The molecule has 2 aromatic rings. The lowest BCUT2D eigenvalue weighted by atomic mass is 9.98. The van der Waals surface area contributed by atoms with Gasteiger partial charge in [-0.2, -0.15) is 4.31 Å². The average molecular weight is 427 g/mol. The second-order valence-electron chi connectivity index (χ2n) is 6.51. The molecule has 1 fully saturated rings. The second kappa shape index (κ2) is 8.19. The standard InChI is InChI=1S/C19H20Cl2N2O3S/c1-22(16-7-3-2-4-8-16)19(24)14-6-5-11-23(13-14)27(25,26)18-12-15(20)9-10-17(18)21/h2-4,7-10,12,14H,5-6,11,13H2,1H3/t14-/m1/s1. The van der Waals surface area contributed by atoms with Crippen LogP contribution in [0.25, 0.3) is 0 Å². The van der Waals surface area contributed by atoms with Gasteiger partial charge < -0.3 is 4.90 Å². The quantitative estimate of drug-likeness (QED) is 0.740. The second-order valence-corrected chi connectivity index (χ2v) is 9.26. The van der Waals surface area contributed by atoms with Crippen LogP contribution in [0, 0.1) is 5.92 Å². The number of hydrogen-bond acceptors (Lipinski definition) is 3. The molecule has 1 amide bonds. The first-order chi connectivity index (χ1) is 12.8. The lowest BCUT2D eigenvalue weighted by Crippen LogP contribution is -2.46. The largest absolute Gasteiger partial charge is 0.315 e. The van der Waals surface area contributed by atoms with E-state index in [1.807, 2.05) is 30.3 Å². The summed E-state index contributed by atoms with van der Waals surface area (Å²) >= 11 is 12.0. The third-order valence-electron chi connectivity index (χ3n) is 4.72. The Labute approximate surface area is 169 Å². The van der Waals surface area contributed by atoms with Crippen LogP contribution in [0.5, 0.6) is 0 Å².